The zero-order chi connectivity index (χ0) is 18.5. The number of carbonyl (C=O) groups is 2. The number of nitrogens with zero attached hydrogens (tertiary/aromatic N) is 2. The third-order valence-electron chi connectivity index (χ3n) is 4.12. The average Bonchev–Trinajstić information content (AvgIpc) is 3.02. The summed E-state index contributed by atoms with van der Waals surface area (Å²) in [6.07, 6.45) is 2.77. The van der Waals surface area contributed by atoms with Crippen LogP contribution < -0.4 is 10.4 Å². The quantitative estimate of drug-likeness (QED) is 0.492. The van der Waals surface area contributed by atoms with Crippen LogP contribution in [0.1, 0.15) is 11.1 Å². The SMILES string of the molecule is O=C(/C=C/c1ccc(N2CCN(Cc3ccc(F)cc3)C2=O)cc1)NO. The van der Waals surface area contributed by atoms with Crippen LogP contribution in [0.25, 0.3) is 6.08 Å². The fourth-order valence-electron chi connectivity index (χ4n) is 2.75. The first kappa shape index (κ1) is 17.6. The normalized spacial score (nSPS) is 14.3. The number of hydrogen-bond donors (Lipinski definition) is 2. The van der Waals surface area contributed by atoms with Crippen LogP contribution in [0, 0.1) is 5.82 Å². The van der Waals surface area contributed by atoms with E-state index in [0.29, 0.717) is 19.6 Å². The minimum atomic E-state index is -0.611. The van der Waals surface area contributed by atoms with Crippen molar-refractivity contribution >= 4 is 23.7 Å². The van der Waals surface area contributed by atoms with Crippen LogP contribution in [0.4, 0.5) is 14.9 Å². The number of halogens is 1. The number of urea groups is 1. The molecule has 0 unspecified atom stereocenters. The van der Waals surface area contributed by atoms with E-state index in [0.717, 1.165) is 16.8 Å². The molecule has 1 saturated heterocycles. The zero-order valence-corrected chi connectivity index (χ0v) is 13.9. The summed E-state index contributed by atoms with van der Waals surface area (Å²) in [5, 5.41) is 8.46. The van der Waals surface area contributed by atoms with Gasteiger partial charge in [0, 0.05) is 31.4 Å². The Balaban J connectivity index is 1.65. The van der Waals surface area contributed by atoms with E-state index in [4.69, 9.17) is 5.21 Å². The molecule has 0 radical (unpaired) electrons. The van der Waals surface area contributed by atoms with Gasteiger partial charge in [0.2, 0.25) is 0 Å². The smallest absolute Gasteiger partial charge is 0.318 e. The number of carbonyl (C=O) groups excluding carboxylic acids is 2. The van der Waals surface area contributed by atoms with Gasteiger partial charge in [0.05, 0.1) is 0 Å². The van der Waals surface area contributed by atoms with Crippen molar-refractivity contribution in [3.63, 3.8) is 0 Å². The summed E-state index contributed by atoms with van der Waals surface area (Å²) in [7, 11) is 0. The van der Waals surface area contributed by atoms with E-state index in [1.807, 2.05) is 0 Å². The lowest BCUT2D eigenvalue weighted by molar-refractivity contribution is -0.124. The van der Waals surface area contributed by atoms with Gasteiger partial charge in [-0.2, -0.15) is 0 Å². The largest absolute Gasteiger partial charge is 0.324 e. The molecule has 6 nitrogen and oxygen atoms in total. The van der Waals surface area contributed by atoms with Gasteiger partial charge in [-0.1, -0.05) is 24.3 Å². The second-order valence-electron chi connectivity index (χ2n) is 5.88. The lowest BCUT2D eigenvalue weighted by atomic mass is 10.2. The molecule has 2 N–H and O–H groups in total. The predicted molar refractivity (Wildman–Crippen MR) is 95.0 cm³/mol. The van der Waals surface area contributed by atoms with Crippen LogP contribution in [0.3, 0.4) is 0 Å². The molecule has 1 aliphatic heterocycles. The Morgan fingerprint density at radius 1 is 1.12 bits per heavy atom. The number of nitrogens with one attached hydrogen (secondary N) is 1. The molecular weight excluding hydrogens is 337 g/mol. The molecule has 7 heteroatoms. The van der Waals surface area contributed by atoms with Gasteiger partial charge in [0.25, 0.3) is 5.91 Å². The van der Waals surface area contributed by atoms with Gasteiger partial charge >= 0.3 is 6.03 Å². The molecule has 0 saturated carbocycles. The van der Waals surface area contributed by atoms with Crippen molar-refractivity contribution in [2.75, 3.05) is 18.0 Å². The summed E-state index contributed by atoms with van der Waals surface area (Å²) in [6.45, 7) is 1.60. The van der Waals surface area contributed by atoms with Crippen LogP contribution in [-0.2, 0) is 11.3 Å². The van der Waals surface area contributed by atoms with Gasteiger partial charge in [0.15, 0.2) is 0 Å². The molecule has 134 valence electrons. The Bertz CT molecular complexity index is 819. The highest BCUT2D eigenvalue weighted by atomic mass is 19.1. The molecule has 0 spiro atoms. The van der Waals surface area contributed by atoms with E-state index in [2.05, 4.69) is 0 Å². The Morgan fingerprint density at radius 2 is 1.81 bits per heavy atom. The molecule has 0 aliphatic carbocycles. The molecule has 0 bridgehead atoms. The van der Waals surface area contributed by atoms with Crippen molar-refractivity contribution < 1.29 is 19.2 Å². The first-order valence-electron chi connectivity index (χ1n) is 8.10. The number of benzene rings is 2. The molecule has 3 rings (SSSR count). The monoisotopic (exact) mass is 355 g/mol. The third-order valence-corrected chi connectivity index (χ3v) is 4.12. The van der Waals surface area contributed by atoms with E-state index in [1.165, 1.54) is 23.7 Å². The molecule has 0 atom stereocenters. The molecule has 1 heterocycles. The Morgan fingerprint density at radius 3 is 2.46 bits per heavy atom. The van der Waals surface area contributed by atoms with Crippen molar-refractivity contribution in [1.82, 2.24) is 10.4 Å². The second kappa shape index (κ2) is 7.79. The summed E-state index contributed by atoms with van der Waals surface area (Å²) in [5.74, 6) is -0.908. The van der Waals surface area contributed by atoms with E-state index in [-0.39, 0.29) is 11.8 Å². The fraction of sp³-hybridized carbons (Fsp3) is 0.158. The maximum Gasteiger partial charge on any atom is 0.324 e. The standard InChI is InChI=1S/C19H18FN3O3/c20-16-6-1-15(2-7-16)13-22-11-12-23(19(22)25)17-8-3-14(4-9-17)5-10-18(24)21-26/h1-10,26H,11-13H2,(H,21,24)/b10-5+. The van der Waals surface area contributed by atoms with Crippen LogP contribution in [-0.4, -0.2) is 35.1 Å². The first-order valence-corrected chi connectivity index (χ1v) is 8.10. The number of hydrogen-bond acceptors (Lipinski definition) is 3. The van der Waals surface area contributed by atoms with E-state index in [9.17, 15) is 14.0 Å². The maximum absolute atomic E-state index is 13.0. The average molecular weight is 355 g/mol. The first-order chi connectivity index (χ1) is 12.6. The maximum atomic E-state index is 13.0. The number of hydroxylamine groups is 1. The lowest BCUT2D eigenvalue weighted by Gasteiger charge is -2.19. The zero-order valence-electron chi connectivity index (χ0n) is 13.9. The van der Waals surface area contributed by atoms with Crippen LogP contribution >= 0.6 is 0 Å². The van der Waals surface area contributed by atoms with Gasteiger partial charge < -0.3 is 4.90 Å². The number of amides is 3. The molecule has 2 aromatic carbocycles. The van der Waals surface area contributed by atoms with Gasteiger partial charge in [-0.05, 0) is 41.5 Å². The highest BCUT2D eigenvalue weighted by Crippen LogP contribution is 2.22. The Kier molecular flexibility index (Phi) is 5.28. The minimum Gasteiger partial charge on any atom is -0.318 e. The molecule has 0 aromatic heterocycles. The van der Waals surface area contributed by atoms with Crippen molar-refractivity contribution in [3.8, 4) is 0 Å². The van der Waals surface area contributed by atoms with Gasteiger partial charge in [-0.3, -0.25) is 14.9 Å². The summed E-state index contributed by atoms with van der Waals surface area (Å²) in [4.78, 5) is 27.0. The minimum absolute atomic E-state index is 0.0997. The Labute approximate surface area is 150 Å². The molecule has 1 aliphatic rings. The highest BCUT2D eigenvalue weighted by Gasteiger charge is 2.29. The molecule has 3 amide bonds. The van der Waals surface area contributed by atoms with Gasteiger partial charge in [-0.15, -0.1) is 0 Å². The summed E-state index contributed by atoms with van der Waals surface area (Å²) >= 11 is 0. The lowest BCUT2D eigenvalue weighted by Crippen LogP contribution is -2.31. The van der Waals surface area contributed by atoms with E-state index < -0.39 is 5.91 Å². The van der Waals surface area contributed by atoms with Crippen molar-refractivity contribution in [3.05, 3.63) is 71.6 Å². The van der Waals surface area contributed by atoms with E-state index >= 15 is 0 Å². The third kappa shape index (κ3) is 4.07. The van der Waals surface area contributed by atoms with Crippen molar-refractivity contribution in [1.29, 1.82) is 0 Å². The summed E-state index contributed by atoms with van der Waals surface area (Å²) < 4.78 is 13.0. The fourth-order valence-corrected chi connectivity index (χ4v) is 2.75. The molecular formula is C19H18FN3O3. The van der Waals surface area contributed by atoms with Gasteiger partial charge in [-0.25, -0.2) is 14.7 Å². The topological polar surface area (TPSA) is 72.9 Å². The summed E-state index contributed by atoms with van der Waals surface area (Å²) in [6, 6.07) is 13.2. The summed E-state index contributed by atoms with van der Waals surface area (Å²) in [5.41, 5.74) is 3.93. The van der Waals surface area contributed by atoms with Crippen LogP contribution in [0.5, 0.6) is 0 Å². The van der Waals surface area contributed by atoms with Crippen molar-refractivity contribution in [2.24, 2.45) is 0 Å². The Hall–Kier alpha value is -3.19. The second-order valence-corrected chi connectivity index (χ2v) is 5.88. The highest BCUT2D eigenvalue weighted by molar-refractivity contribution is 5.94. The van der Waals surface area contributed by atoms with Crippen LogP contribution in [0.2, 0.25) is 0 Å². The van der Waals surface area contributed by atoms with Crippen molar-refractivity contribution in [2.45, 2.75) is 6.54 Å². The van der Waals surface area contributed by atoms with Gasteiger partial charge in [0.1, 0.15) is 5.82 Å². The number of rotatable bonds is 5. The van der Waals surface area contributed by atoms with Crippen LogP contribution in [0.15, 0.2) is 54.6 Å². The predicted octanol–water partition coefficient (Wildman–Crippen LogP) is 2.79. The molecule has 2 aromatic rings. The van der Waals surface area contributed by atoms with E-state index in [1.54, 1.807) is 52.3 Å². The molecule has 26 heavy (non-hydrogen) atoms. The molecule has 1 fully saturated rings. The number of anilines is 1.